The molecule has 4 rings (SSSR count). The molecule has 0 unspecified atom stereocenters. The van der Waals surface area contributed by atoms with Crippen molar-refractivity contribution in [2.24, 2.45) is 5.92 Å². The number of fused-ring (bicyclic) bond motifs is 1. The molecule has 0 atom stereocenters. The molecule has 0 saturated heterocycles. The van der Waals surface area contributed by atoms with Crippen molar-refractivity contribution in [2.75, 3.05) is 0 Å². The molecule has 2 aromatic rings. The van der Waals surface area contributed by atoms with E-state index in [2.05, 4.69) is 0 Å². The summed E-state index contributed by atoms with van der Waals surface area (Å²) in [5.41, 5.74) is 1.28. The number of ether oxygens (including phenoxy) is 2. The van der Waals surface area contributed by atoms with Gasteiger partial charge in [-0.2, -0.15) is 0 Å². The fourth-order valence-corrected chi connectivity index (χ4v) is 3.60. The van der Waals surface area contributed by atoms with Crippen LogP contribution in [0.5, 0.6) is 11.5 Å². The third-order valence-corrected chi connectivity index (χ3v) is 5.22. The Kier molecular flexibility index (Phi) is 4.99. The summed E-state index contributed by atoms with van der Waals surface area (Å²) >= 11 is 5.88. The van der Waals surface area contributed by atoms with Gasteiger partial charge in [-0.1, -0.05) is 43.0 Å². The van der Waals surface area contributed by atoms with Crippen LogP contribution in [0.1, 0.15) is 48.0 Å². The van der Waals surface area contributed by atoms with E-state index in [0.29, 0.717) is 22.1 Å². The van der Waals surface area contributed by atoms with E-state index in [4.69, 9.17) is 21.1 Å². The summed E-state index contributed by atoms with van der Waals surface area (Å²) in [6, 6.07) is 12.0. The van der Waals surface area contributed by atoms with Gasteiger partial charge in [-0.25, -0.2) is 0 Å². The van der Waals surface area contributed by atoms with Crippen molar-refractivity contribution < 1.29 is 19.1 Å². The Morgan fingerprint density at radius 2 is 1.81 bits per heavy atom. The van der Waals surface area contributed by atoms with Crippen LogP contribution in [0.2, 0.25) is 5.02 Å². The number of ketones is 1. The van der Waals surface area contributed by atoms with Gasteiger partial charge in [0.05, 0.1) is 11.5 Å². The molecule has 5 heteroatoms. The lowest BCUT2D eigenvalue weighted by Crippen LogP contribution is -2.22. The quantitative estimate of drug-likeness (QED) is 0.403. The van der Waals surface area contributed by atoms with Crippen molar-refractivity contribution in [1.29, 1.82) is 0 Å². The number of hydrogen-bond acceptors (Lipinski definition) is 4. The average Bonchev–Trinajstić information content (AvgIpc) is 2.99. The smallest absolute Gasteiger partial charge is 0.314 e. The normalized spacial score (nSPS) is 18.3. The Morgan fingerprint density at radius 3 is 2.56 bits per heavy atom. The molecule has 1 saturated carbocycles. The third-order valence-electron chi connectivity index (χ3n) is 4.97. The van der Waals surface area contributed by atoms with E-state index in [1.165, 1.54) is 6.42 Å². The molecule has 4 nitrogen and oxygen atoms in total. The molecule has 1 fully saturated rings. The first kappa shape index (κ1) is 17.8. The van der Waals surface area contributed by atoms with Gasteiger partial charge in [-0.05, 0) is 48.7 Å². The van der Waals surface area contributed by atoms with E-state index in [9.17, 15) is 9.59 Å². The first-order valence-electron chi connectivity index (χ1n) is 9.16. The summed E-state index contributed by atoms with van der Waals surface area (Å²) in [6.07, 6.45) is 6.76. The number of hydrogen-bond donors (Lipinski definition) is 0. The van der Waals surface area contributed by atoms with Crippen LogP contribution in [-0.2, 0) is 4.79 Å². The summed E-state index contributed by atoms with van der Waals surface area (Å²) < 4.78 is 11.2. The second-order valence-corrected chi connectivity index (χ2v) is 7.34. The zero-order chi connectivity index (χ0) is 18.8. The summed E-state index contributed by atoms with van der Waals surface area (Å²) in [7, 11) is 0. The summed E-state index contributed by atoms with van der Waals surface area (Å²) in [4.78, 5) is 24.8. The molecule has 0 aromatic heterocycles. The van der Waals surface area contributed by atoms with E-state index < -0.39 is 0 Å². The van der Waals surface area contributed by atoms with E-state index in [0.717, 1.165) is 31.2 Å². The lowest BCUT2D eigenvalue weighted by atomic mass is 9.89. The van der Waals surface area contributed by atoms with Crippen LogP contribution in [-0.4, -0.2) is 11.8 Å². The topological polar surface area (TPSA) is 52.6 Å². The van der Waals surface area contributed by atoms with Gasteiger partial charge < -0.3 is 9.47 Å². The van der Waals surface area contributed by atoms with Crippen LogP contribution in [0.4, 0.5) is 0 Å². The highest BCUT2D eigenvalue weighted by molar-refractivity contribution is 6.30. The Labute approximate surface area is 162 Å². The van der Waals surface area contributed by atoms with Gasteiger partial charge in [0.2, 0.25) is 5.78 Å². The van der Waals surface area contributed by atoms with Crippen molar-refractivity contribution in [2.45, 2.75) is 32.1 Å². The molecule has 27 heavy (non-hydrogen) atoms. The number of carbonyl (C=O) groups excluding carboxylic acids is 2. The highest BCUT2D eigenvalue weighted by Crippen LogP contribution is 2.35. The molecule has 0 N–H and O–H groups in total. The number of halogens is 1. The van der Waals surface area contributed by atoms with Crippen LogP contribution in [0.15, 0.2) is 48.2 Å². The molecule has 1 aliphatic carbocycles. The molecule has 1 heterocycles. The van der Waals surface area contributed by atoms with Crippen LogP contribution < -0.4 is 9.47 Å². The van der Waals surface area contributed by atoms with Gasteiger partial charge in [0, 0.05) is 11.1 Å². The molecule has 0 spiro atoms. The monoisotopic (exact) mass is 382 g/mol. The molecule has 0 bridgehead atoms. The predicted molar refractivity (Wildman–Crippen MR) is 103 cm³/mol. The predicted octanol–water partition coefficient (Wildman–Crippen LogP) is 5.44. The maximum absolute atomic E-state index is 12.5. The number of carbonyl (C=O) groups is 2. The van der Waals surface area contributed by atoms with E-state index >= 15 is 0 Å². The van der Waals surface area contributed by atoms with Gasteiger partial charge in [0.25, 0.3) is 0 Å². The number of benzene rings is 2. The van der Waals surface area contributed by atoms with Crippen molar-refractivity contribution in [3.05, 3.63) is 64.4 Å². The first-order valence-corrected chi connectivity index (χ1v) is 9.53. The van der Waals surface area contributed by atoms with Crippen LogP contribution in [0.25, 0.3) is 6.08 Å². The fraction of sp³-hybridized carbons (Fsp3) is 0.273. The van der Waals surface area contributed by atoms with Crippen LogP contribution in [0.3, 0.4) is 0 Å². The SMILES string of the molecule is O=C1/C(=C/c2ccc(Cl)cc2)Oc2cc(OC(=O)C3CCCCC3)ccc21. The second kappa shape index (κ2) is 7.57. The van der Waals surface area contributed by atoms with Crippen molar-refractivity contribution in [3.8, 4) is 11.5 Å². The third kappa shape index (κ3) is 3.91. The summed E-state index contributed by atoms with van der Waals surface area (Å²) in [5, 5.41) is 0.628. The van der Waals surface area contributed by atoms with Gasteiger partial charge in [-0.15, -0.1) is 0 Å². The molecular formula is C22H19ClO4. The molecule has 0 amide bonds. The van der Waals surface area contributed by atoms with Crippen LogP contribution in [0, 0.1) is 5.92 Å². The maximum Gasteiger partial charge on any atom is 0.314 e. The minimum atomic E-state index is -0.198. The van der Waals surface area contributed by atoms with Crippen molar-refractivity contribution in [3.63, 3.8) is 0 Å². The minimum absolute atomic E-state index is 0.0325. The summed E-state index contributed by atoms with van der Waals surface area (Å²) in [5.74, 6) is 0.637. The number of Topliss-reactive ketones (excluding diaryl/α,β-unsaturated/α-hetero) is 1. The molecule has 1 aliphatic heterocycles. The van der Waals surface area contributed by atoms with Gasteiger partial charge in [-0.3, -0.25) is 9.59 Å². The number of rotatable bonds is 3. The molecular weight excluding hydrogens is 364 g/mol. The standard InChI is InChI=1S/C22H19ClO4/c23-16-8-6-14(7-9-16)12-20-21(24)18-11-10-17(13-19(18)27-20)26-22(25)15-4-2-1-3-5-15/h6-13,15H,1-5H2/b20-12-. The zero-order valence-corrected chi connectivity index (χ0v) is 15.5. The average molecular weight is 383 g/mol. The Bertz CT molecular complexity index is 908. The Hall–Kier alpha value is -2.59. The van der Waals surface area contributed by atoms with Gasteiger partial charge in [0.15, 0.2) is 5.76 Å². The lowest BCUT2D eigenvalue weighted by molar-refractivity contribution is -0.139. The molecule has 138 valence electrons. The van der Waals surface area contributed by atoms with Crippen molar-refractivity contribution >= 4 is 29.4 Å². The molecule has 2 aromatic carbocycles. The zero-order valence-electron chi connectivity index (χ0n) is 14.7. The van der Waals surface area contributed by atoms with Gasteiger partial charge >= 0.3 is 5.97 Å². The highest BCUT2D eigenvalue weighted by Gasteiger charge is 2.29. The maximum atomic E-state index is 12.5. The number of esters is 1. The number of allylic oxidation sites excluding steroid dienone is 1. The Balaban J connectivity index is 1.50. The van der Waals surface area contributed by atoms with E-state index in [1.54, 1.807) is 36.4 Å². The first-order chi connectivity index (χ1) is 13.1. The Morgan fingerprint density at radius 1 is 1.07 bits per heavy atom. The van der Waals surface area contributed by atoms with E-state index in [1.807, 2.05) is 12.1 Å². The lowest BCUT2D eigenvalue weighted by Gasteiger charge is -2.19. The fourth-order valence-electron chi connectivity index (χ4n) is 3.48. The van der Waals surface area contributed by atoms with Crippen LogP contribution >= 0.6 is 11.6 Å². The van der Waals surface area contributed by atoms with E-state index in [-0.39, 0.29) is 23.4 Å². The highest BCUT2D eigenvalue weighted by atomic mass is 35.5. The molecule has 0 radical (unpaired) electrons. The van der Waals surface area contributed by atoms with Gasteiger partial charge in [0.1, 0.15) is 11.5 Å². The summed E-state index contributed by atoms with van der Waals surface area (Å²) in [6.45, 7) is 0. The van der Waals surface area contributed by atoms with Crippen molar-refractivity contribution in [1.82, 2.24) is 0 Å². The second-order valence-electron chi connectivity index (χ2n) is 6.91. The molecule has 2 aliphatic rings. The minimum Gasteiger partial charge on any atom is -0.452 e. The largest absolute Gasteiger partial charge is 0.452 e.